The summed E-state index contributed by atoms with van der Waals surface area (Å²) in [5.41, 5.74) is 1.05. The van der Waals surface area contributed by atoms with Crippen LogP contribution in [-0.2, 0) is 11.3 Å². The van der Waals surface area contributed by atoms with E-state index in [0.717, 1.165) is 5.56 Å². The zero-order valence-corrected chi connectivity index (χ0v) is 14.1. The zero-order chi connectivity index (χ0) is 18.2. The van der Waals surface area contributed by atoms with Gasteiger partial charge >= 0.3 is 0 Å². The number of nitrogens with zero attached hydrogens (tertiary/aromatic N) is 1. The Morgan fingerprint density at radius 1 is 1.32 bits per heavy atom. The van der Waals surface area contributed by atoms with Gasteiger partial charge in [0.2, 0.25) is 0 Å². The quantitative estimate of drug-likeness (QED) is 0.610. The first-order chi connectivity index (χ1) is 12.0. The Morgan fingerprint density at radius 3 is 2.68 bits per heavy atom. The summed E-state index contributed by atoms with van der Waals surface area (Å²) < 4.78 is 18.0. The molecule has 25 heavy (non-hydrogen) atoms. The average molecular weight is 360 g/mol. The first-order valence-electron chi connectivity index (χ1n) is 7.26. The molecule has 0 heterocycles. The SMILES string of the molecule is COc1ccc(Cl)cc1NC(=O)/C(C#N)=C\NCc1ccc(F)cc1. The molecule has 0 saturated heterocycles. The van der Waals surface area contributed by atoms with Crippen molar-refractivity contribution in [3.63, 3.8) is 0 Å². The van der Waals surface area contributed by atoms with Gasteiger partial charge in [-0.25, -0.2) is 4.39 Å². The molecule has 2 aromatic rings. The van der Waals surface area contributed by atoms with E-state index in [-0.39, 0.29) is 11.4 Å². The predicted molar refractivity (Wildman–Crippen MR) is 93.6 cm³/mol. The molecule has 0 aromatic heterocycles. The van der Waals surface area contributed by atoms with E-state index in [0.29, 0.717) is 23.0 Å². The maximum absolute atomic E-state index is 12.8. The summed E-state index contributed by atoms with van der Waals surface area (Å²) in [6.07, 6.45) is 1.30. The van der Waals surface area contributed by atoms with Gasteiger partial charge < -0.3 is 15.4 Å². The van der Waals surface area contributed by atoms with Gasteiger partial charge in [0.05, 0.1) is 12.8 Å². The van der Waals surface area contributed by atoms with Crippen molar-refractivity contribution in [2.45, 2.75) is 6.54 Å². The monoisotopic (exact) mass is 359 g/mol. The molecule has 0 saturated carbocycles. The van der Waals surface area contributed by atoms with Crippen LogP contribution in [0.4, 0.5) is 10.1 Å². The Balaban J connectivity index is 2.04. The third kappa shape index (κ3) is 5.23. The van der Waals surface area contributed by atoms with Gasteiger partial charge in [-0.3, -0.25) is 4.79 Å². The topological polar surface area (TPSA) is 74.1 Å². The molecule has 2 aromatic carbocycles. The van der Waals surface area contributed by atoms with Crippen LogP contribution in [0.25, 0.3) is 0 Å². The lowest BCUT2D eigenvalue weighted by molar-refractivity contribution is -0.112. The minimum atomic E-state index is -0.602. The smallest absolute Gasteiger partial charge is 0.267 e. The normalized spacial score (nSPS) is 10.7. The Kier molecular flexibility index (Phi) is 6.38. The van der Waals surface area contributed by atoms with Crippen LogP contribution in [0, 0.1) is 17.1 Å². The van der Waals surface area contributed by atoms with Crippen molar-refractivity contribution in [3.8, 4) is 11.8 Å². The van der Waals surface area contributed by atoms with Crippen LogP contribution in [-0.4, -0.2) is 13.0 Å². The van der Waals surface area contributed by atoms with Crippen LogP contribution in [0.3, 0.4) is 0 Å². The Bertz CT molecular complexity index is 829. The van der Waals surface area contributed by atoms with Crippen molar-refractivity contribution in [2.24, 2.45) is 0 Å². The Hall–Kier alpha value is -3.04. The fourth-order valence-electron chi connectivity index (χ4n) is 1.99. The fraction of sp³-hybridized carbons (Fsp3) is 0.111. The lowest BCUT2D eigenvalue weighted by Crippen LogP contribution is -2.17. The van der Waals surface area contributed by atoms with E-state index in [1.54, 1.807) is 24.3 Å². The first kappa shape index (κ1) is 18.3. The van der Waals surface area contributed by atoms with Crippen LogP contribution in [0.2, 0.25) is 5.02 Å². The highest BCUT2D eigenvalue weighted by Crippen LogP contribution is 2.27. The third-order valence-electron chi connectivity index (χ3n) is 3.24. The molecule has 0 radical (unpaired) electrons. The number of methoxy groups -OCH3 is 1. The van der Waals surface area contributed by atoms with Gasteiger partial charge in [-0.15, -0.1) is 0 Å². The fourth-order valence-corrected chi connectivity index (χ4v) is 2.16. The van der Waals surface area contributed by atoms with Crippen molar-refractivity contribution in [1.82, 2.24) is 5.32 Å². The van der Waals surface area contributed by atoms with E-state index >= 15 is 0 Å². The van der Waals surface area contributed by atoms with Crippen molar-refractivity contribution in [2.75, 3.05) is 12.4 Å². The second-order valence-corrected chi connectivity index (χ2v) is 5.41. The number of nitriles is 1. The maximum Gasteiger partial charge on any atom is 0.267 e. The van der Waals surface area contributed by atoms with Crippen LogP contribution in [0.5, 0.6) is 5.75 Å². The summed E-state index contributed by atoms with van der Waals surface area (Å²) in [4.78, 5) is 12.2. The lowest BCUT2D eigenvalue weighted by atomic mass is 10.2. The van der Waals surface area contributed by atoms with Crippen molar-refractivity contribution in [1.29, 1.82) is 5.26 Å². The molecule has 2 N–H and O–H groups in total. The van der Waals surface area contributed by atoms with Gasteiger partial charge in [-0.1, -0.05) is 23.7 Å². The summed E-state index contributed by atoms with van der Waals surface area (Å²) in [6, 6.07) is 12.5. The van der Waals surface area contributed by atoms with Crippen LogP contribution in [0.1, 0.15) is 5.56 Å². The largest absolute Gasteiger partial charge is 0.495 e. The lowest BCUT2D eigenvalue weighted by Gasteiger charge is -2.10. The van der Waals surface area contributed by atoms with E-state index in [1.165, 1.54) is 31.5 Å². The number of carbonyl (C=O) groups excluding carboxylic acids is 1. The molecule has 0 unspecified atom stereocenters. The van der Waals surface area contributed by atoms with E-state index in [4.69, 9.17) is 21.6 Å². The second-order valence-electron chi connectivity index (χ2n) is 4.98. The van der Waals surface area contributed by atoms with Gasteiger partial charge in [0.15, 0.2) is 0 Å². The molecule has 0 aliphatic carbocycles. The number of amides is 1. The van der Waals surface area contributed by atoms with E-state index in [2.05, 4.69) is 10.6 Å². The van der Waals surface area contributed by atoms with Crippen molar-refractivity contribution >= 4 is 23.2 Å². The number of halogens is 2. The summed E-state index contributed by atoms with van der Waals surface area (Å²) in [5.74, 6) is -0.504. The molecular weight excluding hydrogens is 345 g/mol. The van der Waals surface area contributed by atoms with Gasteiger partial charge in [0, 0.05) is 17.8 Å². The standard InChI is InChI=1S/C18H15ClFN3O2/c1-25-17-7-4-14(19)8-16(17)23-18(24)13(9-21)11-22-10-12-2-5-15(20)6-3-12/h2-8,11,22H,10H2,1H3,(H,23,24)/b13-11-. The van der Waals surface area contributed by atoms with Crippen molar-refractivity contribution in [3.05, 3.63) is 70.6 Å². The zero-order valence-electron chi connectivity index (χ0n) is 13.3. The number of rotatable bonds is 6. The molecule has 128 valence electrons. The number of carbonyl (C=O) groups is 1. The van der Waals surface area contributed by atoms with Gasteiger partial charge in [-0.2, -0.15) is 5.26 Å². The van der Waals surface area contributed by atoms with E-state index < -0.39 is 5.91 Å². The number of ether oxygens (including phenoxy) is 1. The highest BCUT2D eigenvalue weighted by molar-refractivity contribution is 6.31. The number of hydrogen-bond donors (Lipinski definition) is 2. The van der Waals surface area contributed by atoms with Crippen molar-refractivity contribution < 1.29 is 13.9 Å². The average Bonchev–Trinajstić information content (AvgIpc) is 2.60. The molecule has 0 atom stereocenters. The van der Waals surface area contributed by atoms with Crippen LogP contribution < -0.4 is 15.4 Å². The predicted octanol–water partition coefficient (Wildman–Crippen LogP) is 3.62. The summed E-state index contributed by atoms with van der Waals surface area (Å²) in [7, 11) is 1.46. The van der Waals surface area contributed by atoms with E-state index in [1.807, 2.05) is 6.07 Å². The van der Waals surface area contributed by atoms with Gasteiger partial charge in [-0.05, 0) is 35.9 Å². The van der Waals surface area contributed by atoms with Crippen LogP contribution >= 0.6 is 11.6 Å². The molecule has 0 spiro atoms. The summed E-state index contributed by atoms with van der Waals surface area (Å²) in [6.45, 7) is 0.346. The maximum atomic E-state index is 12.8. The summed E-state index contributed by atoms with van der Waals surface area (Å²) >= 11 is 5.91. The number of anilines is 1. The molecule has 5 nitrogen and oxygen atoms in total. The molecule has 7 heteroatoms. The van der Waals surface area contributed by atoms with Crippen LogP contribution in [0.15, 0.2) is 54.2 Å². The number of hydrogen-bond acceptors (Lipinski definition) is 4. The minimum Gasteiger partial charge on any atom is -0.495 e. The molecule has 0 fully saturated rings. The molecule has 0 aliphatic rings. The van der Waals surface area contributed by atoms with Gasteiger partial charge in [0.25, 0.3) is 5.91 Å². The van der Waals surface area contributed by atoms with E-state index in [9.17, 15) is 9.18 Å². The molecule has 1 amide bonds. The second kappa shape index (κ2) is 8.71. The first-order valence-corrected chi connectivity index (χ1v) is 7.64. The van der Waals surface area contributed by atoms with Gasteiger partial charge in [0.1, 0.15) is 23.2 Å². The highest BCUT2D eigenvalue weighted by Gasteiger charge is 2.12. The molecule has 2 rings (SSSR count). The number of benzene rings is 2. The molecule has 0 bridgehead atoms. The highest BCUT2D eigenvalue weighted by atomic mass is 35.5. The summed E-state index contributed by atoms with van der Waals surface area (Å²) in [5, 5.41) is 15.0. The minimum absolute atomic E-state index is 0.121. The Morgan fingerprint density at radius 2 is 2.04 bits per heavy atom. The molecule has 0 aliphatic heterocycles. The number of nitrogens with one attached hydrogen (secondary N) is 2. The third-order valence-corrected chi connectivity index (χ3v) is 3.48. The molecular formula is C18H15ClFN3O2. The Labute approximate surface area is 149 Å².